The minimum atomic E-state index is -6.00. The summed E-state index contributed by atoms with van der Waals surface area (Å²) in [6.45, 7) is 5.93. The molecule has 0 fully saturated rings. The summed E-state index contributed by atoms with van der Waals surface area (Å²) in [6, 6.07) is 0. The van der Waals surface area contributed by atoms with Crippen molar-refractivity contribution >= 4 is 7.25 Å². The molecule has 0 saturated heterocycles. The first-order valence-corrected chi connectivity index (χ1v) is 5.78. The zero-order chi connectivity index (χ0) is 15.9. The van der Waals surface area contributed by atoms with E-state index < -0.39 is 7.25 Å². The van der Waals surface area contributed by atoms with Gasteiger partial charge >= 0.3 is 7.25 Å². The van der Waals surface area contributed by atoms with Crippen molar-refractivity contribution < 1.29 is 36.0 Å². The fourth-order valence-corrected chi connectivity index (χ4v) is 1.06. The van der Waals surface area contributed by atoms with E-state index in [1.165, 1.54) is 0 Å². The van der Waals surface area contributed by atoms with Crippen LogP contribution in [0.2, 0.25) is 0 Å². The van der Waals surface area contributed by atoms with Crippen LogP contribution in [0.5, 0.6) is 0 Å². The Bertz CT molecular complexity index is 235. The van der Waals surface area contributed by atoms with Crippen LogP contribution in [-0.4, -0.2) is 58.8 Å². The third kappa shape index (κ3) is 11.2. The maximum Gasteiger partial charge on any atom is 0.673 e. The van der Waals surface area contributed by atoms with Crippen LogP contribution in [0.15, 0.2) is 0 Å². The van der Waals surface area contributed by atoms with Crippen LogP contribution in [-0.2, 0) is 14.2 Å². The van der Waals surface area contributed by atoms with E-state index in [4.69, 9.17) is 14.2 Å². The molecule has 0 rings (SSSR count). The first-order chi connectivity index (χ1) is 8.36. The highest BCUT2D eigenvalue weighted by Crippen LogP contribution is 2.16. The highest BCUT2D eigenvalue weighted by Gasteiger charge is 2.32. The monoisotopic (exact) mass is 293 g/mol. The molecule has 0 heterocycles. The molecule has 19 heavy (non-hydrogen) atoms. The summed E-state index contributed by atoms with van der Waals surface area (Å²) in [5, 5.41) is 0. The topological polar surface area (TPSA) is 27.7 Å². The van der Waals surface area contributed by atoms with Crippen molar-refractivity contribution in [3.05, 3.63) is 0 Å². The molecule has 118 valence electrons. The molecule has 0 amide bonds. The Balaban J connectivity index is 0. The summed E-state index contributed by atoms with van der Waals surface area (Å²) < 4.78 is 55.7. The lowest BCUT2D eigenvalue weighted by atomic mass is 10.3. The number of methoxy groups -OCH3 is 2. The van der Waals surface area contributed by atoms with Crippen molar-refractivity contribution in [1.82, 2.24) is 0 Å². The minimum absolute atomic E-state index is 0.0277. The van der Waals surface area contributed by atoms with Crippen LogP contribution in [0.1, 0.15) is 20.8 Å². The van der Waals surface area contributed by atoms with Gasteiger partial charge in [0, 0.05) is 28.1 Å². The van der Waals surface area contributed by atoms with E-state index in [0.717, 1.165) is 0 Å². The van der Waals surface area contributed by atoms with Gasteiger partial charge in [0.05, 0.1) is 14.1 Å². The molecule has 0 aromatic carbocycles. The van der Waals surface area contributed by atoms with E-state index in [9.17, 15) is 17.3 Å². The van der Waals surface area contributed by atoms with Crippen molar-refractivity contribution in [1.29, 1.82) is 0 Å². The second kappa shape index (κ2) is 8.73. The van der Waals surface area contributed by atoms with Gasteiger partial charge in [0.15, 0.2) is 18.7 Å². The maximum atomic E-state index is 9.75. The lowest BCUT2D eigenvalue weighted by Crippen LogP contribution is -2.56. The molecule has 0 radical (unpaired) electrons. The molecule has 0 aliphatic carbocycles. The Morgan fingerprint density at radius 3 is 1.47 bits per heavy atom. The number of quaternary nitrogens is 1. The largest absolute Gasteiger partial charge is 0.673 e. The van der Waals surface area contributed by atoms with Gasteiger partial charge in [-0.1, -0.05) is 0 Å². The molecule has 4 nitrogen and oxygen atoms in total. The Labute approximate surface area is 112 Å². The summed E-state index contributed by atoms with van der Waals surface area (Å²) >= 11 is 0. The maximum absolute atomic E-state index is 9.75. The number of nitrogens with zero attached hydrogens (tertiary/aromatic N) is 1. The third-order valence-corrected chi connectivity index (χ3v) is 2.94. The van der Waals surface area contributed by atoms with Crippen LogP contribution < -0.4 is 0 Å². The number of rotatable bonds is 6. The molecule has 0 aliphatic rings. The van der Waals surface area contributed by atoms with Crippen LogP contribution in [0.4, 0.5) is 17.3 Å². The van der Waals surface area contributed by atoms with Gasteiger partial charge in [0.2, 0.25) is 0 Å². The number of halogens is 4. The standard InChI is InChI=1S/C10H24NO3.BF4/c1-8(12-6)11(4,5)9(2)14-10(3)13-7;2-1(3,4)5/h8-10H,1-7H3;/q+1;-1. The van der Waals surface area contributed by atoms with E-state index >= 15 is 0 Å². The smallest absolute Gasteiger partial charge is 0.418 e. The average Bonchev–Trinajstić information content (AvgIpc) is 2.25. The molecule has 0 saturated carbocycles. The first-order valence-electron chi connectivity index (χ1n) is 5.78. The van der Waals surface area contributed by atoms with Gasteiger partial charge in [-0.25, -0.2) is 0 Å². The zero-order valence-corrected chi connectivity index (χ0v) is 12.5. The van der Waals surface area contributed by atoms with Crippen molar-refractivity contribution in [3.8, 4) is 0 Å². The Hall–Kier alpha value is -0.375. The zero-order valence-electron chi connectivity index (χ0n) is 12.5. The van der Waals surface area contributed by atoms with Crippen LogP contribution in [0, 0.1) is 0 Å². The number of ether oxygens (including phenoxy) is 3. The lowest BCUT2D eigenvalue weighted by Gasteiger charge is -2.40. The van der Waals surface area contributed by atoms with E-state index in [1.807, 2.05) is 20.8 Å². The van der Waals surface area contributed by atoms with Gasteiger partial charge in [-0.2, -0.15) is 0 Å². The molecule has 0 aromatic heterocycles. The second-order valence-electron chi connectivity index (χ2n) is 4.50. The van der Waals surface area contributed by atoms with Gasteiger partial charge in [-0.3, -0.25) is 4.48 Å². The van der Waals surface area contributed by atoms with Crippen molar-refractivity contribution in [2.45, 2.75) is 39.5 Å². The fourth-order valence-electron chi connectivity index (χ4n) is 1.06. The molecule has 3 unspecified atom stereocenters. The van der Waals surface area contributed by atoms with Gasteiger partial charge < -0.3 is 31.5 Å². The quantitative estimate of drug-likeness (QED) is 0.326. The SMILES string of the molecule is COC(C)OC(C)[N+](C)(C)C(C)OC.F[B-](F)(F)F. The Morgan fingerprint density at radius 2 is 1.21 bits per heavy atom. The number of hydrogen-bond donors (Lipinski definition) is 0. The second-order valence-corrected chi connectivity index (χ2v) is 4.50. The van der Waals surface area contributed by atoms with Gasteiger partial charge in [-0.15, -0.1) is 0 Å². The highest BCUT2D eigenvalue weighted by atomic mass is 19.5. The summed E-state index contributed by atoms with van der Waals surface area (Å²) in [5.74, 6) is 0. The molecule has 0 bridgehead atoms. The van der Waals surface area contributed by atoms with Crippen LogP contribution in [0.3, 0.4) is 0 Å². The Morgan fingerprint density at radius 1 is 0.842 bits per heavy atom. The summed E-state index contributed by atoms with van der Waals surface area (Å²) in [5.41, 5.74) is 0. The molecule has 0 N–H and O–H groups in total. The molecule has 0 aliphatic heterocycles. The summed E-state index contributed by atoms with van der Waals surface area (Å²) in [6.07, 6.45) is -0.0691. The van der Waals surface area contributed by atoms with E-state index in [-0.39, 0.29) is 18.7 Å². The van der Waals surface area contributed by atoms with E-state index in [2.05, 4.69) is 14.1 Å². The minimum Gasteiger partial charge on any atom is -0.418 e. The van der Waals surface area contributed by atoms with Crippen LogP contribution in [0.25, 0.3) is 0 Å². The molecule has 0 aromatic rings. The summed E-state index contributed by atoms with van der Waals surface area (Å²) in [4.78, 5) is 0. The molecule has 9 heteroatoms. The van der Waals surface area contributed by atoms with Crippen molar-refractivity contribution in [2.75, 3.05) is 28.3 Å². The first kappa shape index (κ1) is 20.9. The van der Waals surface area contributed by atoms with E-state index in [0.29, 0.717) is 4.48 Å². The highest BCUT2D eigenvalue weighted by molar-refractivity contribution is 6.50. The normalized spacial score (nSPS) is 17.2. The Kier molecular flexibility index (Phi) is 9.62. The molecule has 3 atom stereocenters. The van der Waals surface area contributed by atoms with Crippen molar-refractivity contribution in [2.24, 2.45) is 0 Å². The van der Waals surface area contributed by atoms with Gasteiger partial charge in [0.25, 0.3) is 0 Å². The molecular weight excluding hydrogens is 269 g/mol. The number of hydrogen-bond acceptors (Lipinski definition) is 3. The summed E-state index contributed by atoms with van der Waals surface area (Å²) in [7, 11) is 1.48. The van der Waals surface area contributed by atoms with Crippen LogP contribution >= 0.6 is 0 Å². The lowest BCUT2D eigenvalue weighted by molar-refractivity contribution is -0.976. The molecular formula is C10H24BF4NO3. The third-order valence-electron chi connectivity index (χ3n) is 2.94. The van der Waals surface area contributed by atoms with Gasteiger partial charge in [-0.05, 0) is 6.92 Å². The van der Waals surface area contributed by atoms with Gasteiger partial charge in [0.1, 0.15) is 0 Å². The van der Waals surface area contributed by atoms with E-state index in [1.54, 1.807) is 14.2 Å². The average molecular weight is 293 g/mol. The fraction of sp³-hybridized carbons (Fsp3) is 1.00. The molecule has 0 spiro atoms. The predicted molar refractivity (Wildman–Crippen MR) is 65.8 cm³/mol. The predicted octanol–water partition coefficient (Wildman–Crippen LogP) is 2.71. The van der Waals surface area contributed by atoms with Crippen molar-refractivity contribution in [3.63, 3.8) is 0 Å².